The minimum absolute atomic E-state index is 0.0115. The van der Waals surface area contributed by atoms with E-state index >= 15 is 0 Å². The van der Waals surface area contributed by atoms with Crippen LogP contribution in [0.25, 0.3) is 22.4 Å². The number of hydrogen-bond acceptors (Lipinski definition) is 6. The molecule has 1 aliphatic heterocycles. The topological polar surface area (TPSA) is 93.5 Å². The first-order valence-electron chi connectivity index (χ1n) is 9.60. The van der Waals surface area contributed by atoms with Gasteiger partial charge in [-0.1, -0.05) is 11.2 Å². The highest BCUT2D eigenvalue weighted by Gasteiger charge is 2.36. The second-order valence-electron chi connectivity index (χ2n) is 7.15. The van der Waals surface area contributed by atoms with Crippen LogP contribution in [0.3, 0.4) is 0 Å². The molecule has 0 spiro atoms. The number of benzene rings is 2. The van der Waals surface area contributed by atoms with E-state index in [0.29, 0.717) is 41.9 Å². The molecule has 0 bridgehead atoms. The van der Waals surface area contributed by atoms with E-state index in [-0.39, 0.29) is 11.8 Å². The van der Waals surface area contributed by atoms with E-state index in [0.717, 1.165) is 16.5 Å². The molecule has 0 radical (unpaired) electrons. The second kappa shape index (κ2) is 7.22. The van der Waals surface area contributed by atoms with Gasteiger partial charge in [-0.2, -0.15) is 4.98 Å². The number of methoxy groups -OCH3 is 2. The molecule has 3 heterocycles. The first-order valence-corrected chi connectivity index (χ1v) is 9.60. The van der Waals surface area contributed by atoms with E-state index in [1.165, 1.54) is 0 Å². The standard InChI is InChI=1S/C22H20N4O4/c1-28-14-6-7-18(19(11-14)29-2)26-12-13(10-20(26)27)21-24-22(30-25-21)16-4-3-5-17-15(16)8-9-23-17/h3-9,11,13,23H,10,12H2,1-2H3. The van der Waals surface area contributed by atoms with Crippen molar-refractivity contribution in [3.8, 4) is 23.0 Å². The van der Waals surface area contributed by atoms with Crippen molar-refractivity contribution in [3.05, 3.63) is 54.5 Å². The summed E-state index contributed by atoms with van der Waals surface area (Å²) < 4.78 is 16.2. The predicted molar refractivity (Wildman–Crippen MR) is 111 cm³/mol. The van der Waals surface area contributed by atoms with E-state index in [1.807, 2.05) is 42.6 Å². The SMILES string of the molecule is COc1ccc(N2CC(c3noc(-c4cccc5[nH]ccc45)n3)CC2=O)c(OC)c1. The number of rotatable bonds is 5. The zero-order valence-electron chi connectivity index (χ0n) is 16.6. The first kappa shape index (κ1) is 18.2. The number of anilines is 1. The lowest BCUT2D eigenvalue weighted by molar-refractivity contribution is -0.117. The van der Waals surface area contributed by atoms with Crippen molar-refractivity contribution in [3.63, 3.8) is 0 Å². The summed E-state index contributed by atoms with van der Waals surface area (Å²) in [5, 5.41) is 5.19. The fraction of sp³-hybridized carbons (Fsp3) is 0.227. The fourth-order valence-corrected chi connectivity index (χ4v) is 3.90. The third kappa shape index (κ3) is 2.97. The molecule has 8 heteroatoms. The molecular weight excluding hydrogens is 384 g/mol. The molecule has 0 aliphatic carbocycles. The average molecular weight is 404 g/mol. The molecule has 0 saturated carbocycles. The van der Waals surface area contributed by atoms with Crippen LogP contribution in [0.4, 0.5) is 5.69 Å². The Morgan fingerprint density at radius 2 is 2.07 bits per heavy atom. The molecule has 1 amide bonds. The number of nitrogens with zero attached hydrogens (tertiary/aromatic N) is 3. The molecule has 1 fully saturated rings. The number of amides is 1. The van der Waals surface area contributed by atoms with Crippen LogP contribution in [0.2, 0.25) is 0 Å². The van der Waals surface area contributed by atoms with E-state index in [2.05, 4.69) is 15.1 Å². The zero-order chi connectivity index (χ0) is 20.7. The third-order valence-corrected chi connectivity index (χ3v) is 5.43. The first-order chi connectivity index (χ1) is 14.7. The van der Waals surface area contributed by atoms with Crippen molar-refractivity contribution >= 4 is 22.5 Å². The monoisotopic (exact) mass is 404 g/mol. The molecule has 152 valence electrons. The van der Waals surface area contributed by atoms with Gasteiger partial charge in [0.2, 0.25) is 5.91 Å². The largest absolute Gasteiger partial charge is 0.497 e. The van der Waals surface area contributed by atoms with Crippen LogP contribution < -0.4 is 14.4 Å². The van der Waals surface area contributed by atoms with Crippen molar-refractivity contribution in [2.75, 3.05) is 25.7 Å². The second-order valence-corrected chi connectivity index (χ2v) is 7.15. The summed E-state index contributed by atoms with van der Waals surface area (Å²) in [5.41, 5.74) is 2.57. The van der Waals surface area contributed by atoms with Crippen LogP contribution >= 0.6 is 0 Å². The van der Waals surface area contributed by atoms with Crippen LogP contribution in [-0.4, -0.2) is 41.8 Å². The maximum absolute atomic E-state index is 12.7. The van der Waals surface area contributed by atoms with Gasteiger partial charge in [-0.25, -0.2) is 0 Å². The van der Waals surface area contributed by atoms with Crippen LogP contribution in [0, 0.1) is 0 Å². The molecule has 4 aromatic rings. The van der Waals surface area contributed by atoms with Crippen molar-refractivity contribution in [2.24, 2.45) is 0 Å². The Hall–Kier alpha value is -3.81. The number of nitrogens with one attached hydrogen (secondary N) is 1. The van der Waals surface area contributed by atoms with Gasteiger partial charge in [0, 0.05) is 47.6 Å². The van der Waals surface area contributed by atoms with Crippen molar-refractivity contribution in [2.45, 2.75) is 12.3 Å². The Bertz CT molecular complexity index is 1230. The minimum atomic E-state index is -0.160. The Kier molecular flexibility index (Phi) is 4.39. The summed E-state index contributed by atoms with van der Waals surface area (Å²) in [7, 11) is 3.16. The normalized spacial score (nSPS) is 16.4. The number of aromatic amines is 1. The summed E-state index contributed by atoms with van der Waals surface area (Å²) in [5.74, 6) is 2.05. The molecule has 30 heavy (non-hydrogen) atoms. The lowest BCUT2D eigenvalue weighted by Gasteiger charge is -2.19. The summed E-state index contributed by atoms with van der Waals surface area (Å²) in [6.45, 7) is 0.453. The number of aromatic nitrogens is 3. The molecule has 1 atom stereocenters. The zero-order valence-corrected chi connectivity index (χ0v) is 16.6. The number of carbonyl (C=O) groups is 1. The smallest absolute Gasteiger partial charge is 0.258 e. The van der Waals surface area contributed by atoms with Crippen LogP contribution in [0.5, 0.6) is 11.5 Å². The molecule has 5 rings (SSSR count). The van der Waals surface area contributed by atoms with Gasteiger partial charge < -0.3 is 23.9 Å². The van der Waals surface area contributed by atoms with Gasteiger partial charge in [0.1, 0.15) is 11.5 Å². The van der Waals surface area contributed by atoms with Crippen molar-refractivity contribution < 1.29 is 18.8 Å². The van der Waals surface area contributed by atoms with E-state index in [1.54, 1.807) is 25.2 Å². The van der Waals surface area contributed by atoms with Crippen LogP contribution in [0.15, 0.2) is 53.2 Å². The lowest BCUT2D eigenvalue weighted by Crippen LogP contribution is -2.24. The highest BCUT2D eigenvalue weighted by atomic mass is 16.5. The van der Waals surface area contributed by atoms with Gasteiger partial charge in [-0.3, -0.25) is 4.79 Å². The van der Waals surface area contributed by atoms with Gasteiger partial charge in [-0.05, 0) is 30.3 Å². The van der Waals surface area contributed by atoms with Crippen molar-refractivity contribution in [1.29, 1.82) is 0 Å². The van der Waals surface area contributed by atoms with E-state index in [9.17, 15) is 4.79 Å². The predicted octanol–water partition coefficient (Wildman–Crippen LogP) is 3.76. The molecule has 2 aromatic carbocycles. The van der Waals surface area contributed by atoms with Gasteiger partial charge >= 0.3 is 0 Å². The average Bonchev–Trinajstić information content (AvgIpc) is 3.52. The van der Waals surface area contributed by atoms with Crippen LogP contribution in [0.1, 0.15) is 18.2 Å². The number of hydrogen-bond donors (Lipinski definition) is 1. The lowest BCUT2D eigenvalue weighted by atomic mass is 10.1. The van der Waals surface area contributed by atoms with Gasteiger partial charge in [0.25, 0.3) is 5.89 Å². The number of H-pyrrole nitrogens is 1. The Morgan fingerprint density at radius 3 is 2.90 bits per heavy atom. The maximum atomic E-state index is 12.7. The minimum Gasteiger partial charge on any atom is -0.497 e. The number of ether oxygens (including phenoxy) is 2. The molecule has 1 saturated heterocycles. The van der Waals surface area contributed by atoms with Crippen molar-refractivity contribution in [1.82, 2.24) is 15.1 Å². The maximum Gasteiger partial charge on any atom is 0.258 e. The van der Waals surface area contributed by atoms with Crippen LogP contribution in [-0.2, 0) is 4.79 Å². The molecule has 1 unspecified atom stereocenters. The molecule has 2 aromatic heterocycles. The summed E-state index contributed by atoms with van der Waals surface area (Å²) >= 11 is 0. The molecule has 1 N–H and O–H groups in total. The number of carbonyl (C=O) groups excluding carboxylic acids is 1. The van der Waals surface area contributed by atoms with Gasteiger partial charge in [0.05, 0.1) is 19.9 Å². The Labute approximate surface area is 172 Å². The summed E-state index contributed by atoms with van der Waals surface area (Å²) in [4.78, 5) is 22.2. The summed E-state index contributed by atoms with van der Waals surface area (Å²) in [6, 6.07) is 13.3. The summed E-state index contributed by atoms with van der Waals surface area (Å²) in [6.07, 6.45) is 2.18. The fourth-order valence-electron chi connectivity index (χ4n) is 3.90. The van der Waals surface area contributed by atoms with E-state index in [4.69, 9.17) is 14.0 Å². The highest BCUT2D eigenvalue weighted by Crippen LogP contribution is 2.38. The molecule has 8 nitrogen and oxygen atoms in total. The third-order valence-electron chi connectivity index (χ3n) is 5.43. The molecule has 1 aliphatic rings. The van der Waals surface area contributed by atoms with Gasteiger partial charge in [-0.15, -0.1) is 0 Å². The Balaban J connectivity index is 1.42. The highest BCUT2D eigenvalue weighted by molar-refractivity contribution is 5.98. The quantitative estimate of drug-likeness (QED) is 0.544. The van der Waals surface area contributed by atoms with E-state index < -0.39 is 0 Å². The molecular formula is C22H20N4O4. The Morgan fingerprint density at radius 1 is 1.17 bits per heavy atom. The number of fused-ring (bicyclic) bond motifs is 1. The van der Waals surface area contributed by atoms with Gasteiger partial charge in [0.15, 0.2) is 5.82 Å².